The highest BCUT2D eigenvalue weighted by atomic mass is 35.5. The van der Waals surface area contributed by atoms with Gasteiger partial charge in [-0.25, -0.2) is 0 Å². The Balaban J connectivity index is 1.95. The third kappa shape index (κ3) is 4.61. The molecule has 2 aromatic rings. The maximum Gasteiger partial charge on any atom is 0.0555 e. The predicted molar refractivity (Wildman–Crippen MR) is 88.8 cm³/mol. The van der Waals surface area contributed by atoms with E-state index < -0.39 is 0 Å². The second-order valence-corrected chi connectivity index (χ2v) is 5.70. The quantitative estimate of drug-likeness (QED) is 0.861. The third-order valence-electron chi connectivity index (χ3n) is 2.78. The number of rotatable bonds is 4. The van der Waals surface area contributed by atoms with E-state index in [1.165, 1.54) is 11.1 Å². The first-order valence-corrected chi connectivity index (χ1v) is 7.92. The van der Waals surface area contributed by atoms with Gasteiger partial charge < -0.3 is 5.73 Å². The van der Waals surface area contributed by atoms with Crippen LogP contribution < -0.4 is 5.73 Å². The highest BCUT2D eigenvalue weighted by Gasteiger charge is 2.00. The maximum atomic E-state index is 5.88. The number of thioether (sulfide) groups is 1. The van der Waals surface area contributed by atoms with Crippen molar-refractivity contribution in [3.63, 3.8) is 0 Å². The Morgan fingerprint density at radius 2 is 1.75 bits per heavy atom. The van der Waals surface area contributed by atoms with E-state index in [-0.39, 0.29) is 0 Å². The smallest absolute Gasteiger partial charge is 0.0555 e. The molecule has 3 heteroatoms. The predicted octanol–water partition coefficient (Wildman–Crippen LogP) is 4.08. The monoisotopic (exact) mass is 301 g/mol. The molecule has 2 aromatic carbocycles. The van der Waals surface area contributed by atoms with E-state index in [0.29, 0.717) is 6.54 Å². The van der Waals surface area contributed by atoms with Crippen LogP contribution in [-0.4, -0.2) is 6.54 Å². The summed E-state index contributed by atoms with van der Waals surface area (Å²) in [6.07, 6.45) is 0. The van der Waals surface area contributed by atoms with E-state index in [1.807, 2.05) is 42.1 Å². The largest absolute Gasteiger partial charge is 0.320 e. The fourth-order valence-corrected chi connectivity index (χ4v) is 2.90. The van der Waals surface area contributed by atoms with Gasteiger partial charge in [-0.05, 0) is 29.3 Å². The number of nitrogens with two attached hydrogens (primary N) is 1. The molecule has 0 unspecified atom stereocenters. The lowest BCUT2D eigenvalue weighted by Gasteiger charge is -2.05. The molecule has 2 N–H and O–H groups in total. The van der Waals surface area contributed by atoms with Crippen molar-refractivity contribution in [2.75, 3.05) is 6.54 Å². The number of halogens is 1. The summed E-state index contributed by atoms with van der Waals surface area (Å²) in [5.74, 6) is 7.95. The van der Waals surface area contributed by atoms with E-state index in [0.717, 1.165) is 22.1 Å². The normalized spacial score (nSPS) is 9.90. The summed E-state index contributed by atoms with van der Waals surface area (Å²) in [4.78, 5) is 0. The van der Waals surface area contributed by atoms with Crippen molar-refractivity contribution in [1.29, 1.82) is 0 Å². The zero-order valence-electron chi connectivity index (χ0n) is 11.1. The molecule has 0 fully saturated rings. The lowest BCUT2D eigenvalue weighted by Crippen LogP contribution is -1.94. The molecule has 0 saturated carbocycles. The highest BCUT2D eigenvalue weighted by Crippen LogP contribution is 2.21. The Kier molecular flexibility index (Phi) is 6.01. The van der Waals surface area contributed by atoms with Gasteiger partial charge >= 0.3 is 0 Å². The molecule has 0 aromatic heterocycles. The third-order valence-corrected chi connectivity index (χ3v) is 4.09. The van der Waals surface area contributed by atoms with Gasteiger partial charge in [0.25, 0.3) is 0 Å². The molecule has 0 atom stereocenters. The topological polar surface area (TPSA) is 26.0 Å². The summed E-state index contributed by atoms with van der Waals surface area (Å²) < 4.78 is 0. The van der Waals surface area contributed by atoms with Gasteiger partial charge in [-0.15, -0.1) is 0 Å². The first-order chi connectivity index (χ1) is 9.79. The molecule has 0 aliphatic heterocycles. The molecule has 0 saturated heterocycles. The Bertz CT molecular complexity index is 611. The summed E-state index contributed by atoms with van der Waals surface area (Å²) in [5.41, 5.74) is 9.04. The molecule has 20 heavy (non-hydrogen) atoms. The Hall–Kier alpha value is -1.40. The van der Waals surface area contributed by atoms with Gasteiger partial charge in [0, 0.05) is 22.1 Å². The standard InChI is InChI=1S/C17H16ClNS/c18-17-9-7-14(8-10-17)12-20-13-16-5-2-1-4-15(16)6-3-11-19/h1-2,4-5,7-10H,11-13,19H2. The van der Waals surface area contributed by atoms with Gasteiger partial charge in [0.2, 0.25) is 0 Å². The minimum absolute atomic E-state index is 0.395. The van der Waals surface area contributed by atoms with Crippen molar-refractivity contribution >= 4 is 23.4 Å². The molecule has 0 aliphatic carbocycles. The number of hydrogen-bond acceptors (Lipinski definition) is 2. The van der Waals surface area contributed by atoms with Gasteiger partial charge in [-0.2, -0.15) is 11.8 Å². The van der Waals surface area contributed by atoms with E-state index >= 15 is 0 Å². The molecule has 0 spiro atoms. The van der Waals surface area contributed by atoms with Gasteiger partial charge in [-0.3, -0.25) is 0 Å². The first kappa shape index (κ1) is 15.0. The van der Waals surface area contributed by atoms with Crippen LogP contribution in [0.25, 0.3) is 0 Å². The SMILES string of the molecule is NCC#Cc1ccccc1CSCc1ccc(Cl)cc1. The zero-order chi connectivity index (χ0) is 14.2. The van der Waals surface area contributed by atoms with Crippen molar-refractivity contribution in [2.45, 2.75) is 11.5 Å². The minimum Gasteiger partial charge on any atom is -0.320 e. The Morgan fingerprint density at radius 1 is 1.00 bits per heavy atom. The average Bonchev–Trinajstić information content (AvgIpc) is 2.48. The second-order valence-electron chi connectivity index (χ2n) is 4.28. The van der Waals surface area contributed by atoms with Crippen molar-refractivity contribution in [1.82, 2.24) is 0 Å². The number of benzene rings is 2. The van der Waals surface area contributed by atoms with Crippen molar-refractivity contribution in [2.24, 2.45) is 5.73 Å². The van der Waals surface area contributed by atoms with Crippen LogP contribution in [0.1, 0.15) is 16.7 Å². The first-order valence-electron chi connectivity index (χ1n) is 6.38. The fraction of sp³-hybridized carbons (Fsp3) is 0.176. The summed E-state index contributed by atoms with van der Waals surface area (Å²) in [5, 5.41) is 0.779. The van der Waals surface area contributed by atoms with Crippen LogP contribution in [0.3, 0.4) is 0 Å². The van der Waals surface area contributed by atoms with Crippen LogP contribution >= 0.6 is 23.4 Å². The fourth-order valence-electron chi connectivity index (χ4n) is 1.77. The number of hydrogen-bond donors (Lipinski definition) is 1. The van der Waals surface area contributed by atoms with Gasteiger partial charge in [0.15, 0.2) is 0 Å². The van der Waals surface area contributed by atoms with E-state index in [1.54, 1.807) is 0 Å². The van der Waals surface area contributed by atoms with E-state index in [4.69, 9.17) is 17.3 Å². The van der Waals surface area contributed by atoms with Gasteiger partial charge in [0.05, 0.1) is 6.54 Å². The zero-order valence-corrected chi connectivity index (χ0v) is 12.7. The van der Waals surface area contributed by atoms with E-state index in [9.17, 15) is 0 Å². The van der Waals surface area contributed by atoms with Crippen LogP contribution in [0.2, 0.25) is 5.02 Å². The molecule has 0 heterocycles. The Morgan fingerprint density at radius 3 is 2.50 bits per heavy atom. The molecule has 102 valence electrons. The van der Waals surface area contributed by atoms with Gasteiger partial charge in [-0.1, -0.05) is 53.8 Å². The highest BCUT2D eigenvalue weighted by molar-refractivity contribution is 7.97. The second kappa shape index (κ2) is 8.01. The van der Waals surface area contributed by atoms with Crippen LogP contribution in [0, 0.1) is 11.8 Å². The van der Waals surface area contributed by atoms with E-state index in [2.05, 4.69) is 30.0 Å². The molecule has 1 nitrogen and oxygen atoms in total. The van der Waals surface area contributed by atoms with Crippen molar-refractivity contribution < 1.29 is 0 Å². The molecule has 0 bridgehead atoms. The maximum absolute atomic E-state index is 5.88. The lowest BCUT2D eigenvalue weighted by atomic mass is 10.1. The lowest BCUT2D eigenvalue weighted by molar-refractivity contribution is 1.30. The molecule has 2 rings (SSSR count). The summed E-state index contributed by atoms with van der Waals surface area (Å²) in [6, 6.07) is 16.2. The van der Waals surface area contributed by atoms with Crippen LogP contribution in [0.5, 0.6) is 0 Å². The van der Waals surface area contributed by atoms with Crippen LogP contribution in [0.15, 0.2) is 48.5 Å². The Labute approximate surface area is 129 Å². The molecular weight excluding hydrogens is 286 g/mol. The average molecular weight is 302 g/mol. The summed E-state index contributed by atoms with van der Waals surface area (Å²) in [6.45, 7) is 0.395. The minimum atomic E-state index is 0.395. The van der Waals surface area contributed by atoms with Crippen LogP contribution in [0.4, 0.5) is 0 Å². The van der Waals surface area contributed by atoms with Gasteiger partial charge in [0.1, 0.15) is 0 Å². The van der Waals surface area contributed by atoms with Crippen LogP contribution in [-0.2, 0) is 11.5 Å². The molecule has 0 amide bonds. The van der Waals surface area contributed by atoms with Crippen molar-refractivity contribution in [3.05, 3.63) is 70.2 Å². The molecule has 0 aliphatic rings. The summed E-state index contributed by atoms with van der Waals surface area (Å²) >= 11 is 7.75. The molecular formula is C17H16ClNS. The van der Waals surface area contributed by atoms with Crippen molar-refractivity contribution in [3.8, 4) is 11.8 Å². The molecule has 0 radical (unpaired) electrons. The summed E-state index contributed by atoms with van der Waals surface area (Å²) in [7, 11) is 0.